The molecule has 0 atom stereocenters. The van der Waals surface area contributed by atoms with E-state index in [-0.39, 0.29) is 17.2 Å². The highest BCUT2D eigenvalue weighted by molar-refractivity contribution is 5.94. The van der Waals surface area contributed by atoms with Gasteiger partial charge in [-0.25, -0.2) is 4.98 Å². The summed E-state index contributed by atoms with van der Waals surface area (Å²) in [6.45, 7) is 0.976. The Labute approximate surface area is 135 Å². The van der Waals surface area contributed by atoms with Crippen molar-refractivity contribution in [2.45, 2.75) is 12.9 Å². The van der Waals surface area contributed by atoms with E-state index in [0.717, 1.165) is 17.7 Å². The molecule has 0 radical (unpaired) electrons. The first-order valence-corrected chi connectivity index (χ1v) is 7.14. The van der Waals surface area contributed by atoms with E-state index in [2.05, 4.69) is 9.72 Å². The molecule has 1 aromatic carbocycles. The first kappa shape index (κ1) is 16.1. The topological polar surface area (TPSA) is 51.7 Å². The number of benzene rings is 1. The lowest BCUT2D eigenvalue weighted by Crippen LogP contribution is -2.32. The molecule has 1 aliphatic heterocycles. The molecule has 0 bridgehead atoms. The summed E-state index contributed by atoms with van der Waals surface area (Å²) in [5, 5.41) is 0. The molecule has 0 saturated heterocycles. The average Bonchev–Trinajstić information content (AvgIpc) is 2.75. The van der Waals surface area contributed by atoms with Gasteiger partial charge in [0, 0.05) is 17.3 Å². The van der Waals surface area contributed by atoms with Gasteiger partial charge in [0.2, 0.25) is 5.88 Å². The van der Waals surface area contributed by atoms with E-state index in [9.17, 15) is 18.0 Å². The lowest BCUT2D eigenvalue weighted by atomic mass is 10.1. The van der Waals surface area contributed by atoms with E-state index in [1.165, 1.54) is 12.1 Å². The molecule has 1 aromatic heterocycles. The number of amides is 1. The van der Waals surface area contributed by atoms with Gasteiger partial charge in [-0.15, -0.1) is 13.2 Å². The molecule has 2 heterocycles. The van der Waals surface area contributed by atoms with Gasteiger partial charge >= 0.3 is 6.36 Å². The zero-order chi connectivity index (χ0) is 17.2. The number of halogens is 3. The Balaban J connectivity index is 1.74. The number of carbonyl (C=O) groups excluding carboxylic acids is 1. The Hall–Kier alpha value is -2.77. The maximum atomic E-state index is 12.5. The molecule has 5 nitrogen and oxygen atoms in total. The summed E-state index contributed by atoms with van der Waals surface area (Å²) in [5.41, 5.74) is 1.05. The number of fused-ring (bicyclic) bond motifs is 1. The number of aromatic nitrogens is 1. The van der Waals surface area contributed by atoms with Crippen LogP contribution in [0.1, 0.15) is 15.9 Å². The molecule has 0 unspecified atom stereocenters. The number of nitrogens with zero attached hydrogens (tertiary/aromatic N) is 2. The minimum Gasteiger partial charge on any atom is -0.476 e. The maximum Gasteiger partial charge on any atom is 0.573 e. The fourth-order valence-electron chi connectivity index (χ4n) is 2.37. The second kappa shape index (κ2) is 6.38. The van der Waals surface area contributed by atoms with E-state index >= 15 is 0 Å². The minimum atomic E-state index is -4.76. The van der Waals surface area contributed by atoms with Gasteiger partial charge in [0.15, 0.2) is 0 Å². The summed E-state index contributed by atoms with van der Waals surface area (Å²) in [4.78, 5) is 18.2. The predicted octanol–water partition coefficient (Wildman–Crippen LogP) is 3.02. The van der Waals surface area contributed by atoms with Crippen molar-refractivity contribution in [1.29, 1.82) is 0 Å². The van der Waals surface area contributed by atoms with Crippen molar-refractivity contribution in [2.24, 2.45) is 0 Å². The first-order chi connectivity index (χ1) is 11.4. The summed E-state index contributed by atoms with van der Waals surface area (Å²) in [7, 11) is 0. The molecule has 1 amide bonds. The number of hydrogen-bond acceptors (Lipinski definition) is 4. The van der Waals surface area contributed by atoms with Crippen molar-refractivity contribution in [1.82, 2.24) is 9.88 Å². The fourth-order valence-corrected chi connectivity index (χ4v) is 2.37. The highest BCUT2D eigenvalue weighted by Crippen LogP contribution is 2.24. The summed E-state index contributed by atoms with van der Waals surface area (Å²) >= 11 is 0. The molecule has 24 heavy (non-hydrogen) atoms. The van der Waals surface area contributed by atoms with Crippen LogP contribution in [0.2, 0.25) is 0 Å². The van der Waals surface area contributed by atoms with Gasteiger partial charge in [0.05, 0.1) is 13.1 Å². The van der Waals surface area contributed by atoms with Gasteiger partial charge in [-0.3, -0.25) is 4.79 Å². The fraction of sp³-hybridized carbons (Fsp3) is 0.250. The van der Waals surface area contributed by atoms with Crippen LogP contribution in [0.3, 0.4) is 0 Å². The molecule has 3 rings (SSSR count). The van der Waals surface area contributed by atoms with Gasteiger partial charge < -0.3 is 14.4 Å². The number of alkyl halides is 3. The molecule has 0 saturated carbocycles. The van der Waals surface area contributed by atoms with Crippen molar-refractivity contribution < 1.29 is 27.4 Å². The molecule has 2 aromatic rings. The molecule has 0 fully saturated rings. The van der Waals surface area contributed by atoms with Gasteiger partial charge in [0.1, 0.15) is 12.4 Å². The lowest BCUT2D eigenvalue weighted by Gasteiger charge is -2.20. The quantitative estimate of drug-likeness (QED) is 0.845. The molecule has 126 valence electrons. The third-order valence-corrected chi connectivity index (χ3v) is 3.43. The largest absolute Gasteiger partial charge is 0.573 e. The van der Waals surface area contributed by atoms with E-state index < -0.39 is 6.36 Å². The third-order valence-electron chi connectivity index (χ3n) is 3.43. The van der Waals surface area contributed by atoms with Crippen molar-refractivity contribution in [3.05, 3.63) is 53.7 Å². The Morgan fingerprint density at radius 3 is 2.67 bits per heavy atom. The smallest absolute Gasteiger partial charge is 0.476 e. The minimum absolute atomic E-state index is 0.275. The van der Waals surface area contributed by atoms with Crippen LogP contribution in [-0.2, 0) is 6.54 Å². The van der Waals surface area contributed by atoms with Crippen LogP contribution in [0.5, 0.6) is 11.6 Å². The Bertz CT molecular complexity index is 732. The van der Waals surface area contributed by atoms with E-state index in [0.29, 0.717) is 25.6 Å². The van der Waals surface area contributed by atoms with Crippen molar-refractivity contribution in [3.8, 4) is 11.6 Å². The van der Waals surface area contributed by atoms with Crippen molar-refractivity contribution in [3.63, 3.8) is 0 Å². The van der Waals surface area contributed by atoms with Crippen LogP contribution in [0.15, 0.2) is 42.6 Å². The molecular formula is C16H13F3N2O3. The van der Waals surface area contributed by atoms with Crippen molar-refractivity contribution >= 4 is 5.91 Å². The summed E-state index contributed by atoms with van der Waals surface area (Å²) in [6.07, 6.45) is -3.15. The summed E-state index contributed by atoms with van der Waals surface area (Å²) < 4.78 is 45.8. The van der Waals surface area contributed by atoms with Gasteiger partial charge in [0.25, 0.3) is 5.91 Å². The number of hydrogen-bond donors (Lipinski definition) is 0. The monoisotopic (exact) mass is 338 g/mol. The van der Waals surface area contributed by atoms with Crippen LogP contribution in [0.25, 0.3) is 0 Å². The molecule has 0 spiro atoms. The summed E-state index contributed by atoms with van der Waals surface area (Å²) in [5.74, 6) is -0.177. The molecule has 0 aliphatic carbocycles. The summed E-state index contributed by atoms with van der Waals surface area (Å²) in [6, 6.07) is 8.40. The van der Waals surface area contributed by atoms with Gasteiger partial charge in [-0.05, 0) is 30.3 Å². The van der Waals surface area contributed by atoms with Crippen LogP contribution in [0, 0.1) is 0 Å². The normalized spacial score (nSPS) is 14.4. The van der Waals surface area contributed by atoms with Crippen LogP contribution in [-0.4, -0.2) is 35.3 Å². The number of pyridine rings is 1. The maximum absolute atomic E-state index is 12.5. The molecule has 1 aliphatic rings. The molecule has 8 heteroatoms. The number of carbonyl (C=O) groups is 1. The van der Waals surface area contributed by atoms with Crippen LogP contribution < -0.4 is 9.47 Å². The third kappa shape index (κ3) is 3.76. The van der Waals surface area contributed by atoms with Crippen LogP contribution >= 0.6 is 0 Å². The Morgan fingerprint density at radius 1 is 1.21 bits per heavy atom. The zero-order valence-corrected chi connectivity index (χ0v) is 12.4. The van der Waals surface area contributed by atoms with Gasteiger partial charge in [-0.2, -0.15) is 0 Å². The first-order valence-electron chi connectivity index (χ1n) is 7.14. The van der Waals surface area contributed by atoms with E-state index in [1.54, 1.807) is 17.2 Å². The van der Waals surface area contributed by atoms with E-state index in [1.807, 2.05) is 6.07 Å². The number of ether oxygens (including phenoxy) is 2. The van der Waals surface area contributed by atoms with E-state index in [4.69, 9.17) is 4.74 Å². The average molecular weight is 338 g/mol. The zero-order valence-electron chi connectivity index (χ0n) is 12.4. The highest BCUT2D eigenvalue weighted by Gasteiger charge is 2.31. The highest BCUT2D eigenvalue weighted by atomic mass is 19.4. The number of rotatable bonds is 2. The Morgan fingerprint density at radius 2 is 1.96 bits per heavy atom. The standard InChI is InChI=1S/C16H13F3N2O3/c17-16(18,19)24-13-5-3-11(4-6-13)15(22)21-8-9-23-14-12(10-21)2-1-7-20-14/h1-7H,8-10H2. The Kier molecular flexibility index (Phi) is 4.28. The molecular weight excluding hydrogens is 325 g/mol. The lowest BCUT2D eigenvalue weighted by molar-refractivity contribution is -0.274. The SMILES string of the molecule is O=C(c1ccc(OC(F)(F)F)cc1)N1CCOc2ncccc2C1. The molecule has 0 N–H and O–H groups in total. The second-order valence-electron chi connectivity index (χ2n) is 5.12. The van der Waals surface area contributed by atoms with Crippen molar-refractivity contribution in [2.75, 3.05) is 13.2 Å². The predicted molar refractivity (Wildman–Crippen MR) is 77.6 cm³/mol. The second-order valence-corrected chi connectivity index (χ2v) is 5.12. The van der Waals surface area contributed by atoms with Gasteiger partial charge in [-0.1, -0.05) is 6.07 Å². The van der Waals surface area contributed by atoms with Crippen LogP contribution in [0.4, 0.5) is 13.2 Å².